The maximum atomic E-state index is 11.2. The van der Waals surface area contributed by atoms with Gasteiger partial charge in [0.2, 0.25) is 5.91 Å². The molecule has 0 aliphatic heterocycles. The van der Waals surface area contributed by atoms with E-state index in [1.807, 2.05) is 6.92 Å². The molecule has 0 aromatic rings. The normalized spacial score (nSPS) is 12.1. The van der Waals surface area contributed by atoms with E-state index in [1.165, 1.54) is 0 Å². The first-order valence-corrected chi connectivity index (χ1v) is 5.28. The van der Waals surface area contributed by atoms with Crippen LogP contribution in [0.1, 0.15) is 32.6 Å². The van der Waals surface area contributed by atoms with Crippen molar-refractivity contribution in [2.45, 2.75) is 32.6 Å². The number of rotatable bonds is 8. The predicted octanol–water partition coefficient (Wildman–Crippen LogP) is 0.342. The van der Waals surface area contributed by atoms with Crippen molar-refractivity contribution in [3.63, 3.8) is 0 Å². The van der Waals surface area contributed by atoms with Crippen LogP contribution in [-0.4, -0.2) is 30.1 Å². The van der Waals surface area contributed by atoms with Crippen LogP contribution < -0.4 is 11.1 Å². The lowest BCUT2D eigenvalue weighted by atomic mass is 10.0. The van der Waals surface area contributed by atoms with Crippen molar-refractivity contribution in [3.05, 3.63) is 0 Å². The lowest BCUT2D eigenvalue weighted by Crippen LogP contribution is -2.30. The minimum Gasteiger partial charge on any atom is -0.481 e. The second kappa shape index (κ2) is 8.23. The van der Waals surface area contributed by atoms with Gasteiger partial charge in [0.05, 0.1) is 0 Å². The molecule has 0 aliphatic rings. The van der Waals surface area contributed by atoms with Gasteiger partial charge in [0.1, 0.15) is 0 Å². The summed E-state index contributed by atoms with van der Waals surface area (Å²) in [5, 5.41) is 11.3. The molecule has 1 amide bonds. The van der Waals surface area contributed by atoms with E-state index >= 15 is 0 Å². The molecule has 1 atom stereocenters. The molecule has 5 nitrogen and oxygen atoms in total. The second-order valence-corrected chi connectivity index (χ2v) is 3.57. The maximum Gasteiger partial charge on any atom is 0.303 e. The monoisotopic (exact) mass is 216 g/mol. The van der Waals surface area contributed by atoms with Gasteiger partial charge in [-0.3, -0.25) is 9.59 Å². The lowest BCUT2D eigenvalue weighted by molar-refractivity contribution is -0.138. The Hall–Kier alpha value is -1.10. The van der Waals surface area contributed by atoms with E-state index in [-0.39, 0.29) is 18.2 Å². The van der Waals surface area contributed by atoms with Crippen LogP contribution in [0.15, 0.2) is 0 Å². The van der Waals surface area contributed by atoms with Gasteiger partial charge in [0.25, 0.3) is 0 Å². The molecule has 88 valence electrons. The van der Waals surface area contributed by atoms with Crippen molar-refractivity contribution in [1.82, 2.24) is 5.32 Å². The van der Waals surface area contributed by atoms with Gasteiger partial charge in [-0.15, -0.1) is 0 Å². The number of carboxylic acids is 1. The van der Waals surface area contributed by atoms with Crippen molar-refractivity contribution < 1.29 is 14.7 Å². The van der Waals surface area contributed by atoms with Crippen LogP contribution in [-0.2, 0) is 9.59 Å². The zero-order valence-corrected chi connectivity index (χ0v) is 9.16. The molecule has 15 heavy (non-hydrogen) atoms. The fraction of sp³-hybridized carbons (Fsp3) is 0.800. The summed E-state index contributed by atoms with van der Waals surface area (Å²) in [6.45, 7) is 2.85. The summed E-state index contributed by atoms with van der Waals surface area (Å²) in [4.78, 5) is 21.7. The highest BCUT2D eigenvalue weighted by Crippen LogP contribution is 2.06. The smallest absolute Gasteiger partial charge is 0.303 e. The molecule has 5 heteroatoms. The van der Waals surface area contributed by atoms with E-state index in [0.29, 0.717) is 25.9 Å². The molecule has 0 radical (unpaired) electrons. The van der Waals surface area contributed by atoms with Gasteiger partial charge in [-0.25, -0.2) is 0 Å². The highest BCUT2D eigenvalue weighted by molar-refractivity contribution is 5.75. The number of nitrogens with one attached hydrogen (secondary N) is 1. The van der Waals surface area contributed by atoms with Crippen molar-refractivity contribution in [2.75, 3.05) is 13.1 Å². The number of carboxylic acid groups (broad SMARTS) is 1. The molecule has 0 rings (SSSR count). The Morgan fingerprint density at radius 3 is 2.60 bits per heavy atom. The van der Waals surface area contributed by atoms with E-state index in [0.717, 1.165) is 6.42 Å². The van der Waals surface area contributed by atoms with Gasteiger partial charge in [0, 0.05) is 19.4 Å². The lowest BCUT2D eigenvalue weighted by Gasteiger charge is -2.13. The molecule has 0 spiro atoms. The van der Waals surface area contributed by atoms with Gasteiger partial charge in [-0.1, -0.05) is 13.3 Å². The first-order valence-electron chi connectivity index (χ1n) is 5.28. The molecule has 0 bridgehead atoms. The van der Waals surface area contributed by atoms with E-state index in [2.05, 4.69) is 5.32 Å². The third-order valence-electron chi connectivity index (χ3n) is 2.24. The molecule has 0 saturated carbocycles. The molecule has 0 fully saturated rings. The third-order valence-corrected chi connectivity index (χ3v) is 2.24. The number of amides is 1. The summed E-state index contributed by atoms with van der Waals surface area (Å²) >= 11 is 0. The molecular weight excluding hydrogens is 196 g/mol. The van der Waals surface area contributed by atoms with Gasteiger partial charge in [0.15, 0.2) is 0 Å². The Labute approximate surface area is 90.0 Å². The average Bonchev–Trinajstić information content (AvgIpc) is 2.20. The van der Waals surface area contributed by atoms with Crippen LogP contribution in [0, 0.1) is 5.92 Å². The van der Waals surface area contributed by atoms with Gasteiger partial charge in [-0.05, 0) is 18.9 Å². The summed E-state index contributed by atoms with van der Waals surface area (Å²) in [6.07, 6.45) is 1.94. The highest BCUT2D eigenvalue weighted by Gasteiger charge is 2.11. The van der Waals surface area contributed by atoms with E-state index in [4.69, 9.17) is 10.8 Å². The van der Waals surface area contributed by atoms with Crippen LogP contribution in [0.25, 0.3) is 0 Å². The van der Waals surface area contributed by atoms with Crippen molar-refractivity contribution >= 4 is 11.9 Å². The summed E-state index contributed by atoms with van der Waals surface area (Å²) in [7, 11) is 0. The van der Waals surface area contributed by atoms with E-state index < -0.39 is 5.97 Å². The number of carbonyl (C=O) groups excluding carboxylic acids is 1. The summed E-state index contributed by atoms with van der Waals surface area (Å²) < 4.78 is 0. The molecule has 4 N–H and O–H groups in total. The first kappa shape index (κ1) is 13.9. The van der Waals surface area contributed by atoms with Crippen molar-refractivity contribution in [1.29, 1.82) is 0 Å². The van der Waals surface area contributed by atoms with Gasteiger partial charge in [-0.2, -0.15) is 0 Å². The van der Waals surface area contributed by atoms with Crippen LogP contribution in [0.3, 0.4) is 0 Å². The Bertz CT molecular complexity index is 207. The van der Waals surface area contributed by atoms with Gasteiger partial charge < -0.3 is 16.2 Å². The Morgan fingerprint density at radius 1 is 1.47 bits per heavy atom. The van der Waals surface area contributed by atoms with Crippen molar-refractivity contribution in [3.8, 4) is 0 Å². The number of aliphatic carboxylic acids is 1. The van der Waals surface area contributed by atoms with Crippen LogP contribution in [0.5, 0.6) is 0 Å². The molecule has 1 unspecified atom stereocenters. The molecule has 0 aromatic carbocycles. The Morgan fingerprint density at radius 2 is 2.13 bits per heavy atom. The van der Waals surface area contributed by atoms with Gasteiger partial charge >= 0.3 is 5.97 Å². The van der Waals surface area contributed by atoms with Crippen LogP contribution in [0.4, 0.5) is 0 Å². The first-order chi connectivity index (χ1) is 7.10. The molecular formula is C10H20N2O3. The highest BCUT2D eigenvalue weighted by atomic mass is 16.4. The minimum absolute atomic E-state index is 0.0179. The quantitative estimate of drug-likeness (QED) is 0.545. The van der Waals surface area contributed by atoms with Crippen LogP contribution in [0.2, 0.25) is 0 Å². The zero-order chi connectivity index (χ0) is 11.7. The standard InChI is InChI=1S/C10H20N2O3/c1-2-8(6-10(14)15)7-12-9(13)4-3-5-11/h8H,2-7,11H2,1H3,(H,12,13)(H,14,15). The zero-order valence-electron chi connectivity index (χ0n) is 9.16. The number of nitrogens with two attached hydrogens (primary N) is 1. The molecule has 0 heterocycles. The summed E-state index contributed by atoms with van der Waals surface area (Å²) in [6, 6.07) is 0. The molecule has 0 saturated heterocycles. The SMILES string of the molecule is CCC(CNC(=O)CCCN)CC(=O)O. The van der Waals surface area contributed by atoms with Crippen LogP contribution >= 0.6 is 0 Å². The molecule has 0 aliphatic carbocycles. The van der Waals surface area contributed by atoms with E-state index in [1.54, 1.807) is 0 Å². The largest absolute Gasteiger partial charge is 0.481 e. The second-order valence-electron chi connectivity index (χ2n) is 3.57. The third kappa shape index (κ3) is 7.93. The fourth-order valence-electron chi connectivity index (χ4n) is 1.22. The summed E-state index contributed by atoms with van der Waals surface area (Å²) in [5.74, 6) is -0.855. The minimum atomic E-state index is -0.821. The Balaban J connectivity index is 3.69. The molecule has 0 aromatic heterocycles. The van der Waals surface area contributed by atoms with E-state index in [9.17, 15) is 9.59 Å². The van der Waals surface area contributed by atoms with Crippen molar-refractivity contribution in [2.24, 2.45) is 11.7 Å². The Kier molecular flexibility index (Phi) is 7.62. The topological polar surface area (TPSA) is 92.4 Å². The summed E-state index contributed by atoms with van der Waals surface area (Å²) in [5.41, 5.74) is 5.27. The number of carbonyl (C=O) groups is 2. The predicted molar refractivity (Wildman–Crippen MR) is 57.3 cm³/mol. The maximum absolute atomic E-state index is 11.2. The number of hydrogen-bond donors (Lipinski definition) is 3. The number of hydrogen-bond acceptors (Lipinski definition) is 3. The average molecular weight is 216 g/mol. The fourth-order valence-corrected chi connectivity index (χ4v) is 1.22.